The predicted octanol–water partition coefficient (Wildman–Crippen LogP) is 5.39. The maximum Gasteiger partial charge on any atom is 0.339 e. The van der Waals surface area contributed by atoms with Crippen molar-refractivity contribution < 1.29 is 17.4 Å². The predicted molar refractivity (Wildman–Crippen MR) is 156 cm³/mol. The molecule has 2 heterocycles. The van der Waals surface area contributed by atoms with Crippen molar-refractivity contribution in [3.05, 3.63) is 124 Å². The zero-order chi connectivity index (χ0) is 27.9. The monoisotopic (exact) mass is 589 g/mol. The molecule has 1 aromatic heterocycles. The molecule has 200 valence electrons. The normalized spacial score (nSPS) is 15.5. The highest BCUT2D eigenvalue weighted by Crippen LogP contribution is 2.38. The lowest BCUT2D eigenvalue weighted by atomic mass is 10.1. The van der Waals surface area contributed by atoms with Crippen molar-refractivity contribution in [1.29, 1.82) is 0 Å². The van der Waals surface area contributed by atoms with Crippen molar-refractivity contribution in [1.82, 2.24) is 9.66 Å². The highest BCUT2D eigenvalue weighted by Gasteiger charge is 2.37. The summed E-state index contributed by atoms with van der Waals surface area (Å²) in [5.41, 5.74) is 1.36. The average molecular weight is 590 g/mol. The number of nitrogens with zero attached hydrogens (tertiary/aromatic N) is 3. The summed E-state index contributed by atoms with van der Waals surface area (Å²) in [4.78, 5) is 31.9. The first-order valence-corrected chi connectivity index (χ1v) is 15.0. The minimum atomic E-state index is -4.03. The van der Waals surface area contributed by atoms with Crippen LogP contribution in [0.2, 0.25) is 5.02 Å². The summed E-state index contributed by atoms with van der Waals surface area (Å²) in [5.74, 6) is 0.250. The number of carbonyl (C=O) groups is 1. The van der Waals surface area contributed by atoms with Crippen molar-refractivity contribution >= 4 is 50.3 Å². The molecule has 1 saturated heterocycles. The molecule has 1 unspecified atom stereocenters. The Kier molecular flexibility index (Phi) is 6.83. The van der Waals surface area contributed by atoms with Gasteiger partial charge >= 0.3 is 10.1 Å². The molecule has 1 atom stereocenters. The Hall–Kier alpha value is -4.12. The number of para-hydroxylation sites is 1. The molecule has 5 aromatic rings. The first-order chi connectivity index (χ1) is 19.3. The minimum absolute atomic E-state index is 0.0300. The average Bonchev–Trinajstić information content (AvgIpc) is 3.35. The highest BCUT2D eigenvalue weighted by molar-refractivity contribution is 8.00. The number of carbonyl (C=O) groups excluding carboxylic acids is 1. The fourth-order valence-electron chi connectivity index (χ4n) is 4.43. The van der Waals surface area contributed by atoms with Crippen LogP contribution in [0.5, 0.6) is 5.75 Å². The van der Waals surface area contributed by atoms with Crippen molar-refractivity contribution in [2.24, 2.45) is 0 Å². The van der Waals surface area contributed by atoms with Crippen LogP contribution in [0, 0.1) is 0 Å². The van der Waals surface area contributed by atoms with Crippen molar-refractivity contribution in [2.75, 3.05) is 10.8 Å². The molecule has 40 heavy (non-hydrogen) atoms. The summed E-state index contributed by atoms with van der Waals surface area (Å²) in [6, 6.07) is 28.1. The molecule has 0 saturated carbocycles. The molecule has 4 aromatic carbocycles. The van der Waals surface area contributed by atoms with E-state index < -0.39 is 21.1 Å². The molecule has 1 fully saturated rings. The van der Waals surface area contributed by atoms with Gasteiger partial charge in [-0.2, -0.15) is 13.1 Å². The van der Waals surface area contributed by atoms with Gasteiger partial charge in [0.2, 0.25) is 0 Å². The summed E-state index contributed by atoms with van der Waals surface area (Å²) >= 11 is 7.48. The van der Waals surface area contributed by atoms with Crippen LogP contribution in [0.15, 0.2) is 113 Å². The third-order valence-electron chi connectivity index (χ3n) is 6.32. The minimum Gasteiger partial charge on any atom is -0.379 e. The van der Waals surface area contributed by atoms with Gasteiger partial charge in [0.15, 0.2) is 5.82 Å². The van der Waals surface area contributed by atoms with E-state index in [0.717, 1.165) is 5.56 Å². The zero-order valence-corrected chi connectivity index (χ0v) is 23.1. The molecule has 1 amide bonds. The van der Waals surface area contributed by atoms with E-state index in [1.807, 2.05) is 12.1 Å². The lowest BCUT2D eigenvalue weighted by Gasteiger charge is -2.28. The molecule has 0 bridgehead atoms. The van der Waals surface area contributed by atoms with Crippen LogP contribution in [0.25, 0.3) is 22.3 Å². The van der Waals surface area contributed by atoms with Crippen LogP contribution in [0.4, 0.5) is 0 Å². The topological polar surface area (TPSA) is 98.6 Å². The molecule has 11 heteroatoms. The molecule has 1 aliphatic rings. The van der Waals surface area contributed by atoms with E-state index in [9.17, 15) is 18.0 Å². The van der Waals surface area contributed by atoms with Crippen molar-refractivity contribution in [3.8, 4) is 17.1 Å². The van der Waals surface area contributed by atoms with Gasteiger partial charge in [-0.15, -0.1) is 11.8 Å². The first-order valence-electron chi connectivity index (χ1n) is 12.1. The first kappa shape index (κ1) is 26.1. The maximum atomic E-state index is 13.9. The second-order valence-corrected chi connectivity index (χ2v) is 11.9. The quantitative estimate of drug-likeness (QED) is 0.245. The van der Waals surface area contributed by atoms with Crippen LogP contribution in [0.1, 0.15) is 10.9 Å². The molecule has 0 N–H and O–H groups in total. The van der Waals surface area contributed by atoms with Gasteiger partial charge in [-0.25, -0.2) is 9.99 Å². The largest absolute Gasteiger partial charge is 0.379 e. The maximum absolute atomic E-state index is 13.9. The van der Waals surface area contributed by atoms with Crippen LogP contribution < -0.4 is 14.8 Å². The van der Waals surface area contributed by atoms with Gasteiger partial charge in [-0.05, 0) is 66.2 Å². The standard InChI is InChI=1S/C29H20ClN3O5S2/c30-21-14-10-20(11-15-21)29-32(26(34)18-39-29)33-27(31-25-9-5-4-8-24(25)28(33)35)19-12-16-22(17-13-19)38-40(36,37)23-6-2-1-3-7-23/h1-17,29H,18H2. The fraction of sp³-hybridized carbons (Fsp3) is 0.0690. The van der Waals surface area contributed by atoms with Gasteiger partial charge in [0.1, 0.15) is 16.0 Å². The SMILES string of the molecule is O=C1CSC(c2ccc(Cl)cc2)N1n1c(-c2ccc(OS(=O)(=O)c3ccccc3)cc2)nc2ccccc2c1=O. The van der Waals surface area contributed by atoms with Crippen LogP contribution in [-0.2, 0) is 14.9 Å². The Balaban J connectivity index is 1.45. The molecular formula is C29H20ClN3O5S2. The molecule has 8 nitrogen and oxygen atoms in total. The number of thioether (sulfide) groups is 1. The number of hydrogen-bond donors (Lipinski definition) is 0. The Morgan fingerprint density at radius 3 is 2.25 bits per heavy atom. The van der Waals surface area contributed by atoms with E-state index in [1.54, 1.807) is 66.7 Å². The Bertz CT molecular complexity index is 1900. The second kappa shape index (κ2) is 10.5. The summed E-state index contributed by atoms with van der Waals surface area (Å²) in [6.07, 6.45) is 0. The summed E-state index contributed by atoms with van der Waals surface area (Å²) in [6.45, 7) is 0. The zero-order valence-electron chi connectivity index (χ0n) is 20.7. The molecule has 0 spiro atoms. The van der Waals surface area contributed by atoms with Crippen molar-refractivity contribution in [3.63, 3.8) is 0 Å². The molecule has 1 aliphatic heterocycles. The number of benzene rings is 4. The van der Waals surface area contributed by atoms with Gasteiger partial charge in [0, 0.05) is 10.6 Å². The third-order valence-corrected chi connectivity index (χ3v) is 9.03. The number of rotatable bonds is 6. The number of halogens is 1. The Morgan fingerprint density at radius 2 is 1.52 bits per heavy atom. The second-order valence-electron chi connectivity index (χ2n) is 8.90. The Morgan fingerprint density at radius 1 is 0.850 bits per heavy atom. The number of fused-ring (bicyclic) bond motifs is 1. The van der Waals surface area contributed by atoms with Crippen LogP contribution in [0.3, 0.4) is 0 Å². The molecule has 0 aliphatic carbocycles. The fourth-order valence-corrected chi connectivity index (χ4v) is 6.64. The lowest BCUT2D eigenvalue weighted by molar-refractivity contribution is -0.117. The highest BCUT2D eigenvalue weighted by atomic mass is 35.5. The van der Waals surface area contributed by atoms with Gasteiger partial charge in [0.25, 0.3) is 11.5 Å². The number of hydrogen-bond acceptors (Lipinski definition) is 7. The van der Waals surface area contributed by atoms with Gasteiger partial charge in [-0.1, -0.05) is 54.1 Å². The lowest BCUT2D eigenvalue weighted by Crippen LogP contribution is -2.46. The number of aromatic nitrogens is 2. The molecular weight excluding hydrogens is 570 g/mol. The van der Waals surface area contributed by atoms with E-state index in [1.165, 1.54) is 45.7 Å². The van der Waals surface area contributed by atoms with Crippen LogP contribution in [-0.4, -0.2) is 29.7 Å². The van der Waals surface area contributed by atoms with E-state index in [0.29, 0.717) is 21.5 Å². The summed E-state index contributed by atoms with van der Waals surface area (Å²) < 4.78 is 32.0. The number of amides is 1. The van der Waals surface area contributed by atoms with Crippen LogP contribution >= 0.6 is 23.4 Å². The van der Waals surface area contributed by atoms with E-state index >= 15 is 0 Å². The summed E-state index contributed by atoms with van der Waals surface area (Å²) in [7, 11) is -4.03. The molecule has 0 radical (unpaired) electrons. The van der Waals surface area contributed by atoms with E-state index in [-0.39, 0.29) is 28.1 Å². The summed E-state index contributed by atoms with van der Waals surface area (Å²) in [5, 5.41) is 1.86. The van der Waals surface area contributed by atoms with E-state index in [4.69, 9.17) is 20.8 Å². The third kappa shape index (κ3) is 4.85. The Labute approximate surface area is 238 Å². The molecule has 6 rings (SSSR count). The van der Waals surface area contributed by atoms with Gasteiger partial charge in [0.05, 0.1) is 16.7 Å². The van der Waals surface area contributed by atoms with Gasteiger partial charge < -0.3 is 4.18 Å². The van der Waals surface area contributed by atoms with Gasteiger partial charge in [-0.3, -0.25) is 9.59 Å². The van der Waals surface area contributed by atoms with Crippen molar-refractivity contribution in [2.45, 2.75) is 10.3 Å². The van der Waals surface area contributed by atoms with E-state index in [2.05, 4.69) is 0 Å². The smallest absolute Gasteiger partial charge is 0.339 e.